The maximum Gasteiger partial charge on any atom is 0.410 e. The van der Waals surface area contributed by atoms with Gasteiger partial charge in [-0.1, -0.05) is 30.3 Å². The molecule has 0 spiro atoms. The molecule has 0 unspecified atom stereocenters. The lowest BCUT2D eigenvalue weighted by Gasteiger charge is -2.31. The molecule has 1 amide bonds. The topological polar surface area (TPSA) is 93.1 Å². The second-order valence-corrected chi connectivity index (χ2v) is 6.32. The van der Waals surface area contributed by atoms with E-state index in [2.05, 4.69) is 15.2 Å². The number of aromatic amines is 1. The Morgan fingerprint density at radius 3 is 2.73 bits per heavy atom. The number of likely N-dealkylation sites (tertiary alicyclic amines) is 1. The highest BCUT2D eigenvalue weighted by atomic mass is 16.6. The molecule has 134 valence electrons. The van der Waals surface area contributed by atoms with Gasteiger partial charge in [0, 0.05) is 19.1 Å². The van der Waals surface area contributed by atoms with E-state index in [1.165, 1.54) is 0 Å². The van der Waals surface area contributed by atoms with Crippen LogP contribution >= 0.6 is 0 Å². The number of hydrogen-bond acceptors (Lipinski definition) is 5. The number of amides is 1. The van der Waals surface area contributed by atoms with Crippen LogP contribution in [0.5, 0.6) is 0 Å². The molecule has 0 saturated carbocycles. The predicted octanol–water partition coefficient (Wildman–Crippen LogP) is 2.09. The Kier molecular flexibility index (Phi) is 4.39. The minimum atomic E-state index is -0.315. The van der Waals surface area contributed by atoms with E-state index >= 15 is 0 Å². The summed E-state index contributed by atoms with van der Waals surface area (Å²) in [4.78, 5) is 28.9. The summed E-state index contributed by atoms with van der Waals surface area (Å²) in [5, 5.41) is 7.73. The Hall–Kier alpha value is -3.16. The fourth-order valence-corrected chi connectivity index (χ4v) is 3.36. The average molecular weight is 353 g/mol. The van der Waals surface area contributed by atoms with Crippen molar-refractivity contribution >= 4 is 17.3 Å². The Morgan fingerprint density at radius 2 is 1.96 bits per heavy atom. The molecule has 1 saturated heterocycles. The number of carbonyl (C=O) groups is 1. The molecule has 0 radical (unpaired) electrons. The Labute approximate surface area is 149 Å². The molecule has 3 heterocycles. The van der Waals surface area contributed by atoms with Crippen LogP contribution < -0.4 is 5.69 Å². The normalized spacial score (nSPS) is 15.3. The van der Waals surface area contributed by atoms with Gasteiger partial charge in [-0.25, -0.2) is 9.59 Å². The van der Waals surface area contributed by atoms with Gasteiger partial charge >= 0.3 is 11.8 Å². The fraction of sp³-hybridized carbons (Fsp3) is 0.333. The monoisotopic (exact) mass is 353 g/mol. The molecular weight excluding hydrogens is 334 g/mol. The van der Waals surface area contributed by atoms with Crippen LogP contribution in [0.15, 0.2) is 47.4 Å². The number of aromatic nitrogens is 4. The van der Waals surface area contributed by atoms with E-state index in [0.717, 1.165) is 11.1 Å². The molecule has 4 rings (SSSR count). The fourth-order valence-electron chi connectivity index (χ4n) is 3.36. The van der Waals surface area contributed by atoms with Gasteiger partial charge < -0.3 is 9.64 Å². The number of rotatable bonds is 3. The first-order valence-electron chi connectivity index (χ1n) is 8.60. The summed E-state index contributed by atoms with van der Waals surface area (Å²) in [5.41, 5.74) is 2.00. The van der Waals surface area contributed by atoms with Crippen molar-refractivity contribution in [2.75, 3.05) is 13.1 Å². The maximum atomic E-state index is 12.3. The molecule has 2 aromatic heterocycles. The van der Waals surface area contributed by atoms with Crippen molar-refractivity contribution in [1.82, 2.24) is 24.6 Å². The molecule has 1 aromatic carbocycles. The summed E-state index contributed by atoms with van der Waals surface area (Å²) in [6.45, 7) is 1.37. The summed E-state index contributed by atoms with van der Waals surface area (Å²) >= 11 is 0. The number of fused-ring (bicyclic) bond motifs is 1. The lowest BCUT2D eigenvalue weighted by molar-refractivity contribution is 0.0832. The Morgan fingerprint density at radius 1 is 1.19 bits per heavy atom. The van der Waals surface area contributed by atoms with Crippen LogP contribution in [0.4, 0.5) is 4.79 Å². The summed E-state index contributed by atoms with van der Waals surface area (Å²) in [6.07, 6.45) is 2.64. The largest absolute Gasteiger partial charge is 0.445 e. The number of ether oxygens (including phenoxy) is 1. The van der Waals surface area contributed by atoms with Crippen LogP contribution in [-0.2, 0) is 11.3 Å². The molecule has 1 aliphatic rings. The molecule has 8 nitrogen and oxygen atoms in total. The van der Waals surface area contributed by atoms with Gasteiger partial charge in [0.15, 0.2) is 5.65 Å². The van der Waals surface area contributed by atoms with Gasteiger partial charge in [-0.05, 0) is 24.5 Å². The Balaban J connectivity index is 1.38. The molecular formula is C18H19N5O3. The summed E-state index contributed by atoms with van der Waals surface area (Å²) in [5.74, 6) is 0. The van der Waals surface area contributed by atoms with Crippen molar-refractivity contribution in [2.45, 2.75) is 25.5 Å². The van der Waals surface area contributed by atoms with Gasteiger partial charge in [0.05, 0.1) is 11.7 Å². The number of hydrogen-bond donors (Lipinski definition) is 1. The lowest BCUT2D eigenvalue weighted by atomic mass is 10.1. The maximum absolute atomic E-state index is 12.3. The summed E-state index contributed by atoms with van der Waals surface area (Å²) in [6, 6.07) is 11.4. The first-order valence-corrected chi connectivity index (χ1v) is 8.60. The van der Waals surface area contributed by atoms with Crippen LogP contribution in [-0.4, -0.2) is 43.8 Å². The minimum absolute atomic E-state index is 0.0265. The van der Waals surface area contributed by atoms with Crippen LogP contribution in [0, 0.1) is 0 Å². The van der Waals surface area contributed by atoms with E-state index < -0.39 is 0 Å². The smallest absolute Gasteiger partial charge is 0.410 e. The number of carbonyl (C=O) groups excluding carboxylic acids is 1. The van der Waals surface area contributed by atoms with E-state index in [1.807, 2.05) is 30.3 Å². The van der Waals surface area contributed by atoms with Crippen molar-refractivity contribution < 1.29 is 9.53 Å². The van der Waals surface area contributed by atoms with Crippen LogP contribution in [0.2, 0.25) is 0 Å². The van der Waals surface area contributed by atoms with E-state index in [-0.39, 0.29) is 24.4 Å². The van der Waals surface area contributed by atoms with Crippen LogP contribution in [0.3, 0.4) is 0 Å². The van der Waals surface area contributed by atoms with Crippen molar-refractivity contribution in [3.8, 4) is 0 Å². The van der Waals surface area contributed by atoms with E-state index in [4.69, 9.17) is 4.74 Å². The summed E-state index contributed by atoms with van der Waals surface area (Å²) in [7, 11) is 0. The van der Waals surface area contributed by atoms with Crippen molar-refractivity contribution in [1.29, 1.82) is 0 Å². The first-order chi connectivity index (χ1) is 12.7. The van der Waals surface area contributed by atoms with Crippen molar-refractivity contribution in [2.24, 2.45) is 0 Å². The second kappa shape index (κ2) is 6.99. The third-order valence-corrected chi connectivity index (χ3v) is 4.70. The zero-order chi connectivity index (χ0) is 17.9. The van der Waals surface area contributed by atoms with Gasteiger partial charge in [0.2, 0.25) is 0 Å². The standard InChI is InChI=1S/C18H19N5O3/c24-17-20-16-15(6-9-19-21-16)23(17)14-7-10-22(11-8-14)18(25)26-12-13-4-2-1-3-5-13/h1-6,9,14H,7-8,10-12H2,(H,20,21,24). The highest BCUT2D eigenvalue weighted by molar-refractivity contribution is 5.70. The number of imidazole rings is 1. The van der Waals surface area contributed by atoms with Crippen molar-refractivity contribution in [3.63, 3.8) is 0 Å². The third-order valence-electron chi connectivity index (χ3n) is 4.70. The van der Waals surface area contributed by atoms with Crippen LogP contribution in [0.25, 0.3) is 11.2 Å². The zero-order valence-electron chi connectivity index (χ0n) is 14.2. The molecule has 0 bridgehead atoms. The van der Waals surface area contributed by atoms with Gasteiger partial charge in [-0.15, -0.1) is 5.10 Å². The molecule has 0 aliphatic carbocycles. The highest BCUT2D eigenvalue weighted by Crippen LogP contribution is 2.24. The zero-order valence-corrected chi connectivity index (χ0v) is 14.2. The number of benzene rings is 1. The molecule has 1 N–H and O–H groups in total. The molecule has 8 heteroatoms. The number of nitrogens with zero attached hydrogens (tertiary/aromatic N) is 4. The number of piperidine rings is 1. The van der Waals surface area contributed by atoms with E-state index in [0.29, 0.717) is 31.6 Å². The third kappa shape index (κ3) is 3.17. The molecule has 0 atom stereocenters. The first kappa shape index (κ1) is 16.3. The van der Waals surface area contributed by atoms with Gasteiger partial charge in [-0.2, -0.15) is 5.10 Å². The molecule has 26 heavy (non-hydrogen) atoms. The number of nitrogens with one attached hydrogen (secondary N) is 1. The van der Waals surface area contributed by atoms with E-state index in [1.54, 1.807) is 21.7 Å². The minimum Gasteiger partial charge on any atom is -0.445 e. The Bertz CT molecular complexity index is 958. The van der Waals surface area contributed by atoms with Crippen molar-refractivity contribution in [3.05, 3.63) is 58.6 Å². The summed E-state index contributed by atoms with van der Waals surface area (Å²) < 4.78 is 7.10. The van der Waals surface area contributed by atoms with Gasteiger partial charge in [0.25, 0.3) is 0 Å². The van der Waals surface area contributed by atoms with Crippen LogP contribution in [0.1, 0.15) is 24.4 Å². The van der Waals surface area contributed by atoms with Gasteiger partial charge in [0.1, 0.15) is 6.61 Å². The predicted molar refractivity (Wildman–Crippen MR) is 94.6 cm³/mol. The second-order valence-electron chi connectivity index (χ2n) is 6.32. The molecule has 1 fully saturated rings. The highest BCUT2D eigenvalue weighted by Gasteiger charge is 2.27. The van der Waals surface area contributed by atoms with Gasteiger partial charge in [-0.3, -0.25) is 9.55 Å². The average Bonchev–Trinajstić information content (AvgIpc) is 3.03. The molecule has 1 aliphatic heterocycles. The quantitative estimate of drug-likeness (QED) is 0.778. The lowest BCUT2D eigenvalue weighted by Crippen LogP contribution is -2.40. The molecule has 3 aromatic rings. The van der Waals surface area contributed by atoms with E-state index in [9.17, 15) is 9.59 Å². The SMILES string of the molecule is O=C(OCc1ccccc1)N1CCC(n2c(=O)[nH]c3nnccc32)CC1. The number of H-pyrrole nitrogens is 1.